The molecule has 0 N–H and O–H groups in total. The Morgan fingerprint density at radius 2 is 2.14 bits per heavy atom. The van der Waals surface area contributed by atoms with Crippen LogP contribution in [0.15, 0.2) is 12.1 Å². The third kappa shape index (κ3) is 1.14. The van der Waals surface area contributed by atoms with E-state index in [-0.39, 0.29) is 5.92 Å². The molecule has 1 unspecified atom stereocenters. The Bertz CT molecular complexity index is 394. The maximum absolute atomic E-state index is 11.6. The van der Waals surface area contributed by atoms with E-state index in [4.69, 9.17) is 4.74 Å². The van der Waals surface area contributed by atoms with Gasteiger partial charge >= 0.3 is 0 Å². The number of hydrogen-bond donors (Lipinski definition) is 0. The first-order chi connectivity index (χ1) is 6.65. The topological polar surface area (TPSA) is 26.3 Å². The quantitative estimate of drug-likeness (QED) is 0.678. The number of Topliss-reactive ketones (excluding diaryl/α,β-unsaturated/α-hetero) is 1. The number of ketones is 1. The number of methoxy groups -OCH3 is 1. The number of aryl methyl sites for hydroxylation is 1. The van der Waals surface area contributed by atoms with Crippen molar-refractivity contribution in [1.82, 2.24) is 0 Å². The molecule has 0 aromatic heterocycles. The SMILES string of the molecule is COc1c(C)ccc2c1C(C)C(=O)C2. The number of hydrogen-bond acceptors (Lipinski definition) is 2. The molecule has 1 atom stereocenters. The van der Waals surface area contributed by atoms with Gasteiger partial charge in [-0.15, -0.1) is 0 Å². The summed E-state index contributed by atoms with van der Waals surface area (Å²) in [5.41, 5.74) is 3.33. The maximum Gasteiger partial charge on any atom is 0.144 e. The average molecular weight is 190 g/mol. The Balaban J connectivity index is 2.64. The van der Waals surface area contributed by atoms with Gasteiger partial charge in [-0.3, -0.25) is 4.79 Å². The van der Waals surface area contributed by atoms with Crippen molar-refractivity contribution in [2.45, 2.75) is 26.2 Å². The van der Waals surface area contributed by atoms with Crippen LogP contribution in [0.1, 0.15) is 29.5 Å². The van der Waals surface area contributed by atoms with Crippen LogP contribution < -0.4 is 4.74 Å². The monoisotopic (exact) mass is 190 g/mol. The Labute approximate surface area is 83.9 Å². The van der Waals surface area contributed by atoms with Gasteiger partial charge in [-0.2, -0.15) is 0 Å². The predicted octanol–water partition coefficient (Wildman–Crippen LogP) is 2.23. The molecule has 0 heterocycles. The van der Waals surface area contributed by atoms with Crippen LogP contribution in [0.5, 0.6) is 5.75 Å². The van der Waals surface area contributed by atoms with Crippen molar-refractivity contribution in [2.75, 3.05) is 7.11 Å². The van der Waals surface area contributed by atoms with Crippen molar-refractivity contribution >= 4 is 5.78 Å². The number of fused-ring (bicyclic) bond motifs is 1. The van der Waals surface area contributed by atoms with E-state index in [1.54, 1.807) is 7.11 Å². The fourth-order valence-electron chi connectivity index (χ4n) is 2.15. The normalized spacial score (nSPS) is 19.6. The number of carbonyl (C=O) groups excluding carboxylic acids is 1. The van der Waals surface area contributed by atoms with Gasteiger partial charge in [-0.25, -0.2) is 0 Å². The second-order valence-corrected chi connectivity index (χ2v) is 3.85. The van der Waals surface area contributed by atoms with Crippen LogP contribution in [-0.2, 0) is 11.2 Å². The highest BCUT2D eigenvalue weighted by Crippen LogP contribution is 2.38. The van der Waals surface area contributed by atoms with E-state index in [1.807, 2.05) is 26.0 Å². The summed E-state index contributed by atoms with van der Waals surface area (Å²) in [6, 6.07) is 4.05. The van der Waals surface area contributed by atoms with Gasteiger partial charge in [0.15, 0.2) is 0 Å². The zero-order valence-electron chi connectivity index (χ0n) is 8.76. The molecular formula is C12H14O2. The molecule has 1 aliphatic carbocycles. The van der Waals surface area contributed by atoms with Gasteiger partial charge < -0.3 is 4.74 Å². The lowest BCUT2D eigenvalue weighted by Crippen LogP contribution is -2.02. The second kappa shape index (κ2) is 3.12. The third-order valence-electron chi connectivity index (χ3n) is 2.97. The van der Waals surface area contributed by atoms with E-state index in [0.717, 1.165) is 22.4 Å². The highest BCUT2D eigenvalue weighted by Gasteiger charge is 2.30. The standard InChI is InChI=1S/C12H14O2/c1-7-4-5-9-6-10(13)8(2)11(9)12(7)14-3/h4-5,8H,6H2,1-3H3. The van der Waals surface area contributed by atoms with Crippen LogP contribution in [0.25, 0.3) is 0 Å². The molecule has 0 spiro atoms. The summed E-state index contributed by atoms with van der Waals surface area (Å²) in [6.45, 7) is 3.96. The first-order valence-electron chi connectivity index (χ1n) is 4.84. The first kappa shape index (κ1) is 9.25. The van der Waals surface area contributed by atoms with E-state index in [1.165, 1.54) is 0 Å². The van der Waals surface area contributed by atoms with Gasteiger partial charge in [-0.1, -0.05) is 19.1 Å². The van der Waals surface area contributed by atoms with Crippen LogP contribution in [0, 0.1) is 6.92 Å². The number of rotatable bonds is 1. The highest BCUT2D eigenvalue weighted by molar-refractivity contribution is 5.93. The van der Waals surface area contributed by atoms with E-state index in [0.29, 0.717) is 12.2 Å². The summed E-state index contributed by atoms with van der Waals surface area (Å²) in [6.07, 6.45) is 0.563. The van der Waals surface area contributed by atoms with Gasteiger partial charge in [0.25, 0.3) is 0 Å². The molecular weight excluding hydrogens is 176 g/mol. The predicted molar refractivity (Wildman–Crippen MR) is 54.9 cm³/mol. The van der Waals surface area contributed by atoms with E-state index < -0.39 is 0 Å². The molecule has 0 amide bonds. The summed E-state index contributed by atoms with van der Waals surface area (Å²) < 4.78 is 5.35. The van der Waals surface area contributed by atoms with Crippen molar-refractivity contribution in [3.05, 3.63) is 28.8 Å². The molecule has 2 heteroatoms. The fraction of sp³-hybridized carbons (Fsp3) is 0.417. The lowest BCUT2D eigenvalue weighted by Gasteiger charge is -2.12. The molecule has 0 bridgehead atoms. The summed E-state index contributed by atoms with van der Waals surface area (Å²) in [5, 5.41) is 0. The van der Waals surface area contributed by atoms with Gasteiger partial charge in [0.05, 0.1) is 7.11 Å². The van der Waals surface area contributed by atoms with Crippen LogP contribution in [0.2, 0.25) is 0 Å². The minimum Gasteiger partial charge on any atom is -0.496 e. The second-order valence-electron chi connectivity index (χ2n) is 3.85. The summed E-state index contributed by atoms with van der Waals surface area (Å²) in [5.74, 6) is 1.18. The molecule has 1 aromatic carbocycles. The fourth-order valence-corrected chi connectivity index (χ4v) is 2.15. The van der Waals surface area contributed by atoms with Crippen LogP contribution in [0.3, 0.4) is 0 Å². The van der Waals surface area contributed by atoms with E-state index in [2.05, 4.69) is 0 Å². The van der Waals surface area contributed by atoms with E-state index in [9.17, 15) is 4.79 Å². The number of ether oxygens (including phenoxy) is 1. The highest BCUT2D eigenvalue weighted by atomic mass is 16.5. The molecule has 0 radical (unpaired) electrons. The molecule has 0 fully saturated rings. The molecule has 0 aliphatic heterocycles. The molecule has 1 aliphatic rings. The van der Waals surface area contributed by atoms with Crippen molar-refractivity contribution in [2.24, 2.45) is 0 Å². The van der Waals surface area contributed by atoms with Crippen molar-refractivity contribution in [3.8, 4) is 5.75 Å². The van der Waals surface area contributed by atoms with Crippen molar-refractivity contribution in [3.63, 3.8) is 0 Å². The smallest absolute Gasteiger partial charge is 0.144 e. The molecule has 2 nitrogen and oxygen atoms in total. The van der Waals surface area contributed by atoms with Crippen LogP contribution >= 0.6 is 0 Å². The molecule has 2 rings (SSSR count). The molecule has 14 heavy (non-hydrogen) atoms. The first-order valence-corrected chi connectivity index (χ1v) is 4.84. The average Bonchev–Trinajstić information content (AvgIpc) is 2.45. The lowest BCUT2D eigenvalue weighted by atomic mass is 9.99. The number of benzene rings is 1. The minimum absolute atomic E-state index is 0.000139. The zero-order chi connectivity index (χ0) is 10.3. The third-order valence-corrected chi connectivity index (χ3v) is 2.97. The van der Waals surface area contributed by atoms with Gasteiger partial charge in [0, 0.05) is 17.9 Å². The van der Waals surface area contributed by atoms with E-state index >= 15 is 0 Å². The molecule has 0 saturated carbocycles. The Kier molecular flexibility index (Phi) is 2.06. The minimum atomic E-state index is -0.000139. The van der Waals surface area contributed by atoms with Crippen molar-refractivity contribution < 1.29 is 9.53 Å². The van der Waals surface area contributed by atoms with Crippen LogP contribution in [0.4, 0.5) is 0 Å². The Morgan fingerprint density at radius 3 is 2.79 bits per heavy atom. The number of carbonyl (C=O) groups is 1. The van der Waals surface area contributed by atoms with Crippen LogP contribution in [-0.4, -0.2) is 12.9 Å². The molecule has 74 valence electrons. The summed E-state index contributed by atoms with van der Waals surface area (Å²) in [7, 11) is 1.66. The Morgan fingerprint density at radius 1 is 1.43 bits per heavy atom. The zero-order valence-corrected chi connectivity index (χ0v) is 8.76. The Hall–Kier alpha value is -1.31. The van der Waals surface area contributed by atoms with Gasteiger partial charge in [0.1, 0.15) is 11.5 Å². The van der Waals surface area contributed by atoms with Gasteiger partial charge in [-0.05, 0) is 18.1 Å². The maximum atomic E-state index is 11.6. The lowest BCUT2D eigenvalue weighted by molar-refractivity contribution is -0.118. The summed E-state index contributed by atoms with van der Waals surface area (Å²) in [4.78, 5) is 11.6. The molecule has 0 saturated heterocycles. The largest absolute Gasteiger partial charge is 0.496 e. The van der Waals surface area contributed by atoms with Crippen molar-refractivity contribution in [1.29, 1.82) is 0 Å². The molecule has 1 aromatic rings. The van der Waals surface area contributed by atoms with Gasteiger partial charge in [0.2, 0.25) is 0 Å². The summed E-state index contributed by atoms with van der Waals surface area (Å²) >= 11 is 0.